The number of hydrogen-bond acceptors (Lipinski definition) is 4. The van der Waals surface area contributed by atoms with Gasteiger partial charge in [-0.05, 0) is 61.1 Å². The van der Waals surface area contributed by atoms with Crippen LogP contribution in [0.3, 0.4) is 0 Å². The summed E-state index contributed by atoms with van der Waals surface area (Å²) in [4.78, 5) is 8.82. The lowest BCUT2D eigenvalue weighted by Crippen LogP contribution is -2.42. The number of phenols is 1. The minimum Gasteiger partial charge on any atom is -0.506 e. The molecule has 30 heavy (non-hydrogen) atoms. The van der Waals surface area contributed by atoms with Gasteiger partial charge in [-0.2, -0.15) is 0 Å². The molecule has 0 unspecified atom stereocenters. The Morgan fingerprint density at radius 3 is 2.60 bits per heavy atom. The topological polar surface area (TPSA) is 51.1 Å². The zero-order chi connectivity index (χ0) is 20.9. The number of nitrogens with one attached hydrogen (secondary N) is 1. The van der Waals surface area contributed by atoms with Gasteiger partial charge in [0, 0.05) is 17.9 Å². The number of thiocarbonyl (C=S) groups is 1. The predicted octanol–water partition coefficient (Wildman–Crippen LogP) is 4.95. The molecule has 1 heterocycles. The Bertz CT molecular complexity index is 1070. The van der Waals surface area contributed by atoms with Gasteiger partial charge >= 0.3 is 0 Å². The van der Waals surface area contributed by atoms with Gasteiger partial charge in [0.25, 0.3) is 0 Å². The third-order valence-electron chi connectivity index (χ3n) is 4.99. The van der Waals surface area contributed by atoms with Gasteiger partial charge < -0.3 is 20.2 Å². The number of anilines is 3. The molecule has 0 fully saturated rings. The van der Waals surface area contributed by atoms with Crippen molar-refractivity contribution in [2.24, 2.45) is 4.99 Å². The van der Waals surface area contributed by atoms with Crippen LogP contribution in [0, 0.1) is 6.92 Å². The molecular weight excluding hydrogens is 392 g/mol. The molecule has 0 aliphatic carbocycles. The summed E-state index contributed by atoms with van der Waals surface area (Å²) in [6, 6.07) is 25.5. The van der Waals surface area contributed by atoms with Gasteiger partial charge in [0.15, 0.2) is 5.11 Å². The molecule has 152 valence electrons. The second kappa shape index (κ2) is 8.97. The molecule has 6 heteroatoms. The van der Waals surface area contributed by atoms with Crippen LogP contribution in [0.15, 0.2) is 83.9 Å². The zero-order valence-electron chi connectivity index (χ0n) is 16.8. The third-order valence-corrected chi connectivity index (χ3v) is 5.31. The molecule has 0 saturated carbocycles. The van der Waals surface area contributed by atoms with E-state index in [0.717, 1.165) is 35.0 Å². The molecule has 0 radical (unpaired) electrons. The molecule has 0 atom stereocenters. The summed E-state index contributed by atoms with van der Waals surface area (Å²) in [7, 11) is 0. The number of rotatable bonds is 5. The van der Waals surface area contributed by atoms with Crippen molar-refractivity contribution in [3.05, 3.63) is 84.4 Å². The Kier molecular flexibility index (Phi) is 5.95. The van der Waals surface area contributed by atoms with E-state index >= 15 is 0 Å². The average Bonchev–Trinajstić information content (AvgIpc) is 3.22. The monoisotopic (exact) mass is 416 g/mol. The summed E-state index contributed by atoms with van der Waals surface area (Å²) < 4.78 is 0. The Morgan fingerprint density at radius 2 is 1.83 bits per heavy atom. The van der Waals surface area contributed by atoms with Crippen LogP contribution < -0.4 is 10.2 Å². The molecule has 4 rings (SSSR count). The van der Waals surface area contributed by atoms with Crippen molar-refractivity contribution < 1.29 is 5.11 Å². The quantitative estimate of drug-likeness (QED) is 0.577. The van der Waals surface area contributed by atoms with E-state index in [2.05, 4.69) is 29.3 Å². The van der Waals surface area contributed by atoms with Gasteiger partial charge in [-0.25, -0.2) is 0 Å². The highest BCUT2D eigenvalue weighted by molar-refractivity contribution is 7.80. The van der Waals surface area contributed by atoms with Crippen molar-refractivity contribution in [3.63, 3.8) is 0 Å². The van der Waals surface area contributed by atoms with E-state index in [1.54, 1.807) is 6.07 Å². The van der Waals surface area contributed by atoms with Crippen LogP contribution >= 0.6 is 12.2 Å². The number of hydrogen-bond donors (Lipinski definition) is 2. The fraction of sp³-hybridized carbons (Fsp3) is 0.167. The largest absolute Gasteiger partial charge is 0.506 e. The van der Waals surface area contributed by atoms with E-state index in [-0.39, 0.29) is 5.75 Å². The van der Waals surface area contributed by atoms with Crippen molar-refractivity contribution in [3.8, 4) is 5.75 Å². The summed E-state index contributed by atoms with van der Waals surface area (Å²) in [5.74, 6) is 1.10. The van der Waals surface area contributed by atoms with Gasteiger partial charge in [-0.15, -0.1) is 0 Å². The number of benzene rings is 3. The number of nitrogens with zero attached hydrogens (tertiary/aromatic N) is 3. The Morgan fingerprint density at radius 1 is 1.07 bits per heavy atom. The van der Waals surface area contributed by atoms with Crippen LogP contribution in [0.25, 0.3) is 0 Å². The van der Waals surface area contributed by atoms with E-state index in [1.807, 2.05) is 65.6 Å². The van der Waals surface area contributed by atoms with Crippen molar-refractivity contribution in [1.29, 1.82) is 0 Å². The minimum absolute atomic E-state index is 0.231. The van der Waals surface area contributed by atoms with Gasteiger partial charge in [0.2, 0.25) is 0 Å². The summed E-state index contributed by atoms with van der Waals surface area (Å²) in [6.07, 6.45) is 0. The first kappa shape index (κ1) is 19.9. The maximum atomic E-state index is 10.5. The second-order valence-electron chi connectivity index (χ2n) is 7.16. The van der Waals surface area contributed by atoms with Crippen molar-refractivity contribution in [2.45, 2.75) is 6.92 Å². The zero-order valence-corrected chi connectivity index (χ0v) is 17.6. The van der Waals surface area contributed by atoms with Gasteiger partial charge in [0.1, 0.15) is 11.6 Å². The third kappa shape index (κ3) is 4.44. The molecule has 0 amide bonds. The Balaban J connectivity index is 1.60. The first-order valence-corrected chi connectivity index (χ1v) is 10.3. The fourth-order valence-corrected chi connectivity index (χ4v) is 3.82. The second-order valence-corrected chi connectivity index (χ2v) is 7.55. The highest BCUT2D eigenvalue weighted by atomic mass is 32.1. The molecule has 0 spiro atoms. The molecule has 0 bridgehead atoms. The Hall–Kier alpha value is -3.38. The van der Waals surface area contributed by atoms with Crippen LogP contribution in [-0.2, 0) is 0 Å². The van der Waals surface area contributed by atoms with E-state index in [4.69, 9.17) is 17.2 Å². The molecule has 2 N–H and O–H groups in total. The number of amidine groups is 1. The van der Waals surface area contributed by atoms with Crippen LogP contribution in [-0.4, -0.2) is 40.6 Å². The molecule has 3 aromatic carbocycles. The van der Waals surface area contributed by atoms with E-state index in [9.17, 15) is 5.11 Å². The van der Waals surface area contributed by atoms with Crippen molar-refractivity contribution in [2.75, 3.05) is 29.9 Å². The number of aryl methyl sites for hydroxylation is 1. The molecular formula is C24H24N4OS. The highest BCUT2D eigenvalue weighted by Gasteiger charge is 2.25. The molecule has 1 aliphatic rings. The van der Waals surface area contributed by atoms with Crippen molar-refractivity contribution >= 4 is 40.2 Å². The van der Waals surface area contributed by atoms with Crippen LogP contribution in [0.4, 0.5) is 17.1 Å². The SMILES string of the molecule is Cc1cccc(N(CC2=NCCN2C(=S)Nc2ccccc2)c2ccccc2O)c1. The molecule has 0 aromatic heterocycles. The number of aromatic hydroxyl groups is 1. The lowest BCUT2D eigenvalue weighted by Gasteiger charge is -2.29. The number of aliphatic imine (C=N–C) groups is 1. The summed E-state index contributed by atoms with van der Waals surface area (Å²) in [5, 5.41) is 14.4. The van der Waals surface area contributed by atoms with Gasteiger partial charge in [-0.3, -0.25) is 4.99 Å². The van der Waals surface area contributed by atoms with E-state index in [0.29, 0.717) is 18.2 Å². The normalized spacial score (nSPS) is 13.1. The molecule has 1 aliphatic heterocycles. The first-order chi connectivity index (χ1) is 14.6. The standard InChI is InChI=1S/C24H24N4OS/c1-18-8-7-11-20(16-18)28(21-12-5-6-13-22(21)29)17-23-25-14-15-27(23)24(30)26-19-9-3-2-4-10-19/h2-13,16,29H,14-15,17H2,1H3,(H,26,30). The van der Waals surface area contributed by atoms with Crippen LogP contribution in [0.2, 0.25) is 0 Å². The molecule has 0 saturated heterocycles. The predicted molar refractivity (Wildman–Crippen MR) is 128 cm³/mol. The smallest absolute Gasteiger partial charge is 0.178 e. The first-order valence-electron chi connectivity index (χ1n) is 9.91. The minimum atomic E-state index is 0.231. The maximum absolute atomic E-state index is 10.5. The maximum Gasteiger partial charge on any atom is 0.178 e. The summed E-state index contributed by atoms with van der Waals surface area (Å²) in [6.45, 7) is 3.98. The van der Waals surface area contributed by atoms with Gasteiger partial charge in [-0.1, -0.05) is 42.5 Å². The highest BCUT2D eigenvalue weighted by Crippen LogP contribution is 2.33. The van der Waals surface area contributed by atoms with Crippen LogP contribution in [0.5, 0.6) is 5.75 Å². The van der Waals surface area contributed by atoms with Gasteiger partial charge in [0.05, 0.1) is 18.8 Å². The van der Waals surface area contributed by atoms with E-state index < -0.39 is 0 Å². The molecule has 3 aromatic rings. The summed E-state index contributed by atoms with van der Waals surface area (Å²) >= 11 is 5.67. The average molecular weight is 417 g/mol. The van der Waals surface area contributed by atoms with Crippen molar-refractivity contribution in [1.82, 2.24) is 4.90 Å². The number of para-hydroxylation sites is 3. The summed E-state index contributed by atoms with van der Waals surface area (Å²) in [5.41, 5.74) is 3.83. The lowest BCUT2D eigenvalue weighted by atomic mass is 10.1. The van der Waals surface area contributed by atoms with E-state index in [1.165, 1.54) is 0 Å². The lowest BCUT2D eigenvalue weighted by molar-refractivity contribution is 0.476. The molecule has 5 nitrogen and oxygen atoms in total. The number of phenolic OH excluding ortho intramolecular Hbond substituents is 1. The Labute approximate surface area is 182 Å². The fourth-order valence-electron chi connectivity index (χ4n) is 3.51. The van der Waals surface area contributed by atoms with Crippen LogP contribution in [0.1, 0.15) is 5.56 Å².